The maximum atomic E-state index is 12.0. The molecule has 0 saturated heterocycles. The van der Waals surface area contributed by atoms with E-state index in [9.17, 15) is 4.79 Å². The molecule has 3 heteroatoms. The maximum absolute atomic E-state index is 12.0. The molecule has 4 atom stereocenters. The first kappa shape index (κ1) is 16.2. The average molecular weight is 319 g/mol. The van der Waals surface area contributed by atoms with Gasteiger partial charge in [-0.2, -0.15) is 0 Å². The smallest absolute Gasteiger partial charge is 0.192 e. The number of ketones is 1. The van der Waals surface area contributed by atoms with Crippen molar-refractivity contribution >= 4 is 14.1 Å². The van der Waals surface area contributed by atoms with E-state index in [1.54, 1.807) is 6.08 Å². The zero-order chi connectivity index (χ0) is 16.6. The van der Waals surface area contributed by atoms with Crippen molar-refractivity contribution in [2.45, 2.75) is 71.7 Å². The van der Waals surface area contributed by atoms with Crippen molar-refractivity contribution in [3.8, 4) is 0 Å². The molecule has 0 heterocycles. The van der Waals surface area contributed by atoms with E-state index in [2.05, 4.69) is 65.9 Å². The highest BCUT2D eigenvalue weighted by molar-refractivity contribution is 6.74. The Morgan fingerprint density at radius 3 is 2.41 bits per heavy atom. The number of hydrogen-bond donors (Lipinski definition) is 0. The number of rotatable bonds is 2. The predicted octanol–water partition coefficient (Wildman–Crippen LogP) is 4.88. The molecule has 22 heavy (non-hydrogen) atoms. The quantitative estimate of drug-likeness (QED) is 0.536. The van der Waals surface area contributed by atoms with Gasteiger partial charge >= 0.3 is 0 Å². The Kier molecular flexibility index (Phi) is 3.12. The summed E-state index contributed by atoms with van der Waals surface area (Å²) in [5, 5.41) is 0.213. The van der Waals surface area contributed by atoms with Crippen molar-refractivity contribution < 1.29 is 9.22 Å². The number of carbonyl (C=O) groups is 1. The minimum absolute atomic E-state index is 0.000278. The van der Waals surface area contributed by atoms with E-state index < -0.39 is 8.32 Å². The molecule has 0 amide bonds. The van der Waals surface area contributed by atoms with Crippen molar-refractivity contribution in [2.24, 2.45) is 16.2 Å². The molecular weight excluding hydrogens is 288 g/mol. The first-order valence-corrected chi connectivity index (χ1v) is 11.4. The van der Waals surface area contributed by atoms with Gasteiger partial charge in [0, 0.05) is 22.7 Å². The van der Waals surface area contributed by atoms with Crippen LogP contribution in [0.4, 0.5) is 0 Å². The highest BCUT2D eigenvalue weighted by Crippen LogP contribution is 2.72. The van der Waals surface area contributed by atoms with Gasteiger partial charge in [-0.25, -0.2) is 0 Å². The minimum Gasteiger partial charge on any atom is -0.413 e. The number of carbonyl (C=O) groups excluding carboxylic acids is 1. The van der Waals surface area contributed by atoms with E-state index in [1.165, 1.54) is 0 Å². The first-order chi connectivity index (χ1) is 9.87. The normalized spacial score (nSPS) is 43.8. The lowest BCUT2D eigenvalue weighted by Gasteiger charge is -2.46. The summed E-state index contributed by atoms with van der Waals surface area (Å²) in [4.78, 5) is 12.0. The Labute approximate surface area is 136 Å². The van der Waals surface area contributed by atoms with Gasteiger partial charge in [0.15, 0.2) is 14.1 Å². The molecule has 0 unspecified atom stereocenters. The minimum atomic E-state index is -1.81. The molecule has 1 fully saturated rings. The van der Waals surface area contributed by atoms with E-state index in [-0.39, 0.29) is 33.2 Å². The van der Waals surface area contributed by atoms with Gasteiger partial charge in [-0.3, -0.25) is 4.79 Å². The Hall–Kier alpha value is -0.673. The molecule has 3 aliphatic rings. The van der Waals surface area contributed by atoms with Crippen molar-refractivity contribution in [1.29, 1.82) is 0 Å². The molecule has 2 nitrogen and oxygen atoms in total. The second-order valence-electron chi connectivity index (χ2n) is 9.52. The fourth-order valence-corrected chi connectivity index (χ4v) is 5.86. The van der Waals surface area contributed by atoms with Crippen LogP contribution in [0.15, 0.2) is 24.3 Å². The Balaban J connectivity index is 1.98. The van der Waals surface area contributed by atoms with E-state index in [0.717, 1.165) is 6.42 Å². The monoisotopic (exact) mass is 318 g/mol. The topological polar surface area (TPSA) is 26.3 Å². The molecule has 2 bridgehead atoms. The van der Waals surface area contributed by atoms with E-state index in [4.69, 9.17) is 4.43 Å². The van der Waals surface area contributed by atoms with Crippen LogP contribution in [0.2, 0.25) is 18.1 Å². The van der Waals surface area contributed by atoms with Crippen LogP contribution in [0.5, 0.6) is 0 Å². The summed E-state index contributed by atoms with van der Waals surface area (Å²) >= 11 is 0. The van der Waals surface area contributed by atoms with Gasteiger partial charge < -0.3 is 4.43 Å². The summed E-state index contributed by atoms with van der Waals surface area (Å²) in [6.45, 7) is 16.2. The Morgan fingerprint density at radius 1 is 1.18 bits per heavy atom. The van der Waals surface area contributed by atoms with E-state index in [1.807, 2.05) is 0 Å². The van der Waals surface area contributed by atoms with Crippen LogP contribution in [0.3, 0.4) is 0 Å². The van der Waals surface area contributed by atoms with Gasteiger partial charge in [0.25, 0.3) is 0 Å². The van der Waals surface area contributed by atoms with E-state index in [0.29, 0.717) is 6.42 Å². The van der Waals surface area contributed by atoms with E-state index >= 15 is 0 Å². The van der Waals surface area contributed by atoms with Gasteiger partial charge in [0.1, 0.15) is 0 Å². The molecule has 0 aliphatic heterocycles. The number of allylic oxidation sites excluding steroid dienone is 3. The Bertz CT molecular complexity index is 583. The summed E-state index contributed by atoms with van der Waals surface area (Å²) < 4.78 is 6.83. The van der Waals surface area contributed by atoms with Crippen LogP contribution < -0.4 is 0 Å². The average Bonchev–Trinajstić information content (AvgIpc) is 2.68. The SMILES string of the molecule is CC(C)(C)[Si](C)(C)O[C@@H]1C[C@]23C=C[C@@]1(C)[C@@]2(C)C=CC(=O)C3. The summed E-state index contributed by atoms with van der Waals surface area (Å²) in [6.07, 6.45) is 10.5. The standard InChI is InChI=1S/C19H30O2Si/c1-16(2,3)22(6,7)21-15-13-19-11-10-17(15,4)18(19,5)9-8-14(20)12-19/h8-11,15H,12-13H2,1-7H3/t15-,17-,18-,19-/m1/s1. The molecule has 1 saturated carbocycles. The largest absolute Gasteiger partial charge is 0.413 e. The zero-order valence-electron chi connectivity index (χ0n) is 15.1. The van der Waals surface area contributed by atoms with Crippen molar-refractivity contribution in [3.63, 3.8) is 0 Å². The van der Waals surface area contributed by atoms with Gasteiger partial charge in [-0.05, 0) is 30.6 Å². The molecule has 3 aliphatic carbocycles. The lowest BCUT2D eigenvalue weighted by atomic mass is 9.58. The highest BCUT2D eigenvalue weighted by atomic mass is 28.4. The molecule has 0 aromatic heterocycles. The van der Waals surface area contributed by atoms with Crippen LogP contribution in [-0.4, -0.2) is 20.2 Å². The third-order valence-corrected chi connectivity index (χ3v) is 11.9. The van der Waals surface area contributed by atoms with Crippen molar-refractivity contribution in [1.82, 2.24) is 0 Å². The second-order valence-corrected chi connectivity index (χ2v) is 14.3. The third-order valence-electron chi connectivity index (χ3n) is 7.46. The van der Waals surface area contributed by atoms with Gasteiger partial charge in [-0.15, -0.1) is 0 Å². The summed E-state index contributed by atoms with van der Waals surface area (Å²) in [6, 6.07) is 0. The molecular formula is C19H30O2Si. The Morgan fingerprint density at radius 2 is 1.82 bits per heavy atom. The van der Waals surface area contributed by atoms with Gasteiger partial charge in [0.2, 0.25) is 0 Å². The molecule has 0 aromatic carbocycles. The zero-order valence-corrected chi connectivity index (χ0v) is 16.1. The van der Waals surface area contributed by atoms with Crippen LogP contribution in [0, 0.1) is 16.2 Å². The van der Waals surface area contributed by atoms with Crippen molar-refractivity contribution in [2.75, 3.05) is 0 Å². The third kappa shape index (κ3) is 1.78. The van der Waals surface area contributed by atoms with Crippen LogP contribution in [0.1, 0.15) is 47.5 Å². The van der Waals surface area contributed by atoms with Gasteiger partial charge in [0.05, 0.1) is 6.10 Å². The summed E-state index contributed by atoms with van der Waals surface area (Å²) in [7, 11) is -1.81. The number of hydrogen-bond acceptors (Lipinski definition) is 2. The second kappa shape index (κ2) is 4.24. The predicted molar refractivity (Wildman–Crippen MR) is 93.2 cm³/mol. The van der Waals surface area contributed by atoms with Crippen LogP contribution >= 0.6 is 0 Å². The van der Waals surface area contributed by atoms with Crippen molar-refractivity contribution in [3.05, 3.63) is 24.3 Å². The summed E-state index contributed by atoms with van der Waals surface area (Å²) in [5.74, 6) is 0.263. The highest BCUT2D eigenvalue weighted by Gasteiger charge is 2.70. The fraction of sp³-hybridized carbons (Fsp3) is 0.737. The van der Waals surface area contributed by atoms with Crippen LogP contribution in [0.25, 0.3) is 0 Å². The molecule has 0 spiro atoms. The fourth-order valence-electron chi connectivity index (χ4n) is 4.47. The first-order valence-electron chi connectivity index (χ1n) is 8.47. The molecule has 0 N–H and O–H groups in total. The molecule has 0 radical (unpaired) electrons. The van der Waals surface area contributed by atoms with Gasteiger partial charge in [-0.1, -0.05) is 52.8 Å². The summed E-state index contributed by atoms with van der Waals surface area (Å²) in [5.41, 5.74) is -0.0126. The molecule has 0 aromatic rings. The van der Waals surface area contributed by atoms with Crippen LogP contribution in [-0.2, 0) is 9.22 Å². The molecule has 122 valence electrons. The maximum Gasteiger partial charge on any atom is 0.192 e. The lowest BCUT2D eigenvalue weighted by molar-refractivity contribution is -0.118. The lowest BCUT2D eigenvalue weighted by Crippen LogP contribution is -2.48. The molecule has 3 rings (SSSR count).